The van der Waals surface area contributed by atoms with Crippen LogP contribution >= 0.6 is 0 Å². The monoisotopic (exact) mass is 675 g/mol. The van der Waals surface area contributed by atoms with E-state index in [-0.39, 0.29) is 5.69 Å². The Balaban J connectivity index is 1.17. The minimum Gasteiger partial charge on any atom is -0.309 e. The van der Waals surface area contributed by atoms with Gasteiger partial charge in [0.25, 0.3) is 0 Å². The topological polar surface area (TPSA) is 48.5 Å². The third-order valence-electron chi connectivity index (χ3n) is 9.70. The lowest BCUT2D eigenvalue weighted by Crippen LogP contribution is -2.00. The predicted octanol–water partition coefficient (Wildman–Crippen LogP) is 11.3. The fraction of sp³-hybridized carbons (Fsp3) is 0. The summed E-state index contributed by atoms with van der Waals surface area (Å²) >= 11 is 0. The smallest absolute Gasteiger partial charge is 0.164 e. The highest BCUT2D eigenvalue weighted by Gasteiger charge is 2.20. The molecule has 0 N–H and O–H groups in total. The van der Waals surface area contributed by atoms with Crippen molar-refractivity contribution >= 4 is 43.6 Å². The summed E-state index contributed by atoms with van der Waals surface area (Å²) in [4.78, 5) is 14.7. The molecule has 52 heavy (non-hydrogen) atoms. The van der Waals surface area contributed by atoms with Crippen LogP contribution in [0.25, 0.3) is 89.2 Å². The van der Waals surface area contributed by atoms with Gasteiger partial charge in [-0.3, -0.25) is 0 Å². The Bertz CT molecular complexity index is 2910. The second-order valence-electron chi connectivity index (χ2n) is 12.8. The van der Waals surface area contributed by atoms with Crippen LogP contribution in [0, 0.1) is 11.6 Å². The Morgan fingerprint density at radius 3 is 1.42 bits per heavy atom. The Morgan fingerprint density at radius 1 is 0.365 bits per heavy atom. The molecule has 0 amide bonds. The first-order valence-electron chi connectivity index (χ1n) is 17.0. The summed E-state index contributed by atoms with van der Waals surface area (Å²) in [5.74, 6) is 0.784. The summed E-state index contributed by atoms with van der Waals surface area (Å²) in [7, 11) is 0. The van der Waals surface area contributed by atoms with Crippen molar-refractivity contribution < 1.29 is 8.78 Å². The molecule has 0 radical (unpaired) electrons. The van der Waals surface area contributed by atoms with Crippen molar-refractivity contribution in [2.75, 3.05) is 0 Å². The van der Waals surface area contributed by atoms with Crippen molar-refractivity contribution in [2.45, 2.75) is 0 Å². The van der Waals surface area contributed by atoms with Crippen molar-refractivity contribution in [3.63, 3.8) is 0 Å². The van der Waals surface area contributed by atoms with E-state index < -0.39 is 11.6 Å². The van der Waals surface area contributed by atoms with Gasteiger partial charge in [0, 0.05) is 50.0 Å². The molecular weight excluding hydrogens is 649 g/mol. The normalized spacial score (nSPS) is 11.7. The van der Waals surface area contributed by atoms with E-state index >= 15 is 4.39 Å². The Morgan fingerprint density at radius 2 is 0.846 bits per heavy atom. The first-order chi connectivity index (χ1) is 25.6. The third kappa shape index (κ3) is 4.78. The van der Waals surface area contributed by atoms with Crippen molar-refractivity contribution in [1.82, 2.24) is 24.1 Å². The zero-order valence-corrected chi connectivity index (χ0v) is 27.6. The van der Waals surface area contributed by atoms with E-state index in [1.807, 2.05) is 114 Å². The molecule has 3 aromatic heterocycles. The lowest BCUT2D eigenvalue weighted by atomic mass is 10.1. The molecule has 0 saturated carbocycles. The van der Waals surface area contributed by atoms with E-state index in [2.05, 4.69) is 41.0 Å². The molecule has 0 aliphatic heterocycles. The summed E-state index contributed by atoms with van der Waals surface area (Å²) in [5.41, 5.74) is 7.34. The van der Waals surface area contributed by atoms with Crippen molar-refractivity contribution in [3.8, 4) is 45.5 Å². The van der Waals surface area contributed by atoms with Gasteiger partial charge in [0.15, 0.2) is 17.5 Å². The van der Waals surface area contributed by atoms with Gasteiger partial charge in [-0.2, -0.15) is 0 Å². The maximum absolute atomic E-state index is 15.4. The Hall–Kier alpha value is -6.99. The molecule has 10 aromatic rings. The number of hydrogen-bond acceptors (Lipinski definition) is 3. The number of halogens is 2. The number of aromatic nitrogens is 5. The van der Waals surface area contributed by atoms with Gasteiger partial charge >= 0.3 is 0 Å². The summed E-state index contributed by atoms with van der Waals surface area (Å²) in [5, 5.41) is 4.08. The van der Waals surface area contributed by atoms with Crippen LogP contribution < -0.4 is 0 Å². The summed E-state index contributed by atoms with van der Waals surface area (Å²) in [6.07, 6.45) is 0. The highest BCUT2D eigenvalue weighted by molar-refractivity contribution is 6.19. The molecular formula is C45H27F2N5. The average Bonchev–Trinajstić information content (AvgIpc) is 3.70. The van der Waals surface area contributed by atoms with Crippen LogP contribution in [0.2, 0.25) is 0 Å². The van der Waals surface area contributed by atoms with Crippen molar-refractivity contribution in [2.24, 2.45) is 0 Å². The zero-order chi connectivity index (χ0) is 34.8. The van der Waals surface area contributed by atoms with Crippen molar-refractivity contribution in [1.29, 1.82) is 0 Å². The average molecular weight is 676 g/mol. The van der Waals surface area contributed by atoms with Gasteiger partial charge < -0.3 is 9.13 Å². The fourth-order valence-electron chi connectivity index (χ4n) is 7.32. The summed E-state index contributed by atoms with van der Waals surface area (Å²) < 4.78 is 34.1. The van der Waals surface area contributed by atoms with Crippen LogP contribution in [-0.4, -0.2) is 24.1 Å². The number of fused-ring (bicyclic) bond motifs is 6. The van der Waals surface area contributed by atoms with E-state index in [1.165, 1.54) is 12.1 Å². The fourth-order valence-corrected chi connectivity index (χ4v) is 7.32. The molecule has 0 aliphatic rings. The molecule has 0 spiro atoms. The van der Waals surface area contributed by atoms with E-state index in [0.29, 0.717) is 17.5 Å². The number of nitrogens with zero attached hydrogens (tertiary/aromatic N) is 5. The summed E-state index contributed by atoms with van der Waals surface area (Å²) in [6.45, 7) is 0. The van der Waals surface area contributed by atoms with E-state index in [0.717, 1.165) is 72.1 Å². The van der Waals surface area contributed by atoms with Crippen LogP contribution in [0.4, 0.5) is 8.78 Å². The molecule has 0 aliphatic carbocycles. The van der Waals surface area contributed by atoms with E-state index in [1.54, 1.807) is 0 Å². The van der Waals surface area contributed by atoms with E-state index in [9.17, 15) is 4.39 Å². The second-order valence-corrected chi connectivity index (χ2v) is 12.8. The molecule has 5 nitrogen and oxygen atoms in total. The number of para-hydroxylation sites is 2. The van der Waals surface area contributed by atoms with Gasteiger partial charge in [0.05, 0.1) is 27.8 Å². The SMILES string of the molecule is Fc1ccc(F)c(-n2c3ccccc3c3cc4c5ccccc5n(-c5ccc(-c6nc(-c7ccccc7)nc(-c7ccccc7)n6)cc5)c4cc32)c1. The summed E-state index contributed by atoms with van der Waals surface area (Å²) in [6, 6.07) is 52.1. The largest absolute Gasteiger partial charge is 0.309 e. The second kappa shape index (κ2) is 11.8. The first kappa shape index (κ1) is 29.9. The van der Waals surface area contributed by atoms with Gasteiger partial charge in [-0.05, 0) is 60.7 Å². The maximum Gasteiger partial charge on any atom is 0.164 e. The number of benzene rings is 7. The Kier molecular flexibility index (Phi) is 6.79. The minimum absolute atomic E-state index is 0.166. The van der Waals surface area contributed by atoms with Gasteiger partial charge in [-0.1, -0.05) is 97.1 Å². The molecule has 7 heteroatoms. The number of rotatable bonds is 5. The maximum atomic E-state index is 15.4. The van der Waals surface area contributed by atoms with Crippen LogP contribution in [0.1, 0.15) is 0 Å². The van der Waals surface area contributed by atoms with Crippen LogP contribution in [0.3, 0.4) is 0 Å². The molecule has 0 saturated heterocycles. The molecule has 0 atom stereocenters. The van der Waals surface area contributed by atoms with E-state index in [4.69, 9.17) is 15.0 Å². The molecule has 7 aromatic carbocycles. The van der Waals surface area contributed by atoms with Gasteiger partial charge in [-0.15, -0.1) is 0 Å². The van der Waals surface area contributed by atoms with Crippen LogP contribution in [0.15, 0.2) is 164 Å². The minimum atomic E-state index is -0.498. The van der Waals surface area contributed by atoms with Crippen LogP contribution in [-0.2, 0) is 0 Å². The number of hydrogen-bond donors (Lipinski definition) is 0. The standard InChI is InChI=1S/C45H27F2N5/c46-31-21-24-37(47)42(25-31)52-39-18-10-8-16-34(39)36-26-35-33-15-7-9-17-38(33)51(40(35)27-41(36)52)32-22-19-30(20-23-32)45-49-43(28-11-3-1-4-12-28)48-44(50-45)29-13-5-2-6-14-29/h1-27H. The van der Waals surface area contributed by atoms with Gasteiger partial charge in [0.2, 0.25) is 0 Å². The molecule has 0 bridgehead atoms. The highest BCUT2D eigenvalue weighted by Crippen LogP contribution is 2.40. The molecule has 246 valence electrons. The Labute approximate surface area is 296 Å². The third-order valence-corrected chi connectivity index (χ3v) is 9.70. The lowest BCUT2D eigenvalue weighted by Gasteiger charge is -2.12. The zero-order valence-electron chi connectivity index (χ0n) is 27.6. The molecule has 10 rings (SSSR count). The van der Waals surface area contributed by atoms with Gasteiger partial charge in [0.1, 0.15) is 11.6 Å². The molecule has 0 fully saturated rings. The van der Waals surface area contributed by atoms with Crippen LogP contribution in [0.5, 0.6) is 0 Å². The van der Waals surface area contributed by atoms with Crippen molar-refractivity contribution in [3.05, 3.63) is 175 Å². The molecule has 0 unspecified atom stereocenters. The predicted molar refractivity (Wildman–Crippen MR) is 205 cm³/mol. The quantitative estimate of drug-likeness (QED) is 0.182. The molecule has 3 heterocycles. The van der Waals surface area contributed by atoms with Gasteiger partial charge in [-0.25, -0.2) is 23.7 Å². The lowest BCUT2D eigenvalue weighted by molar-refractivity contribution is 0.595. The highest BCUT2D eigenvalue weighted by atomic mass is 19.1. The first-order valence-corrected chi connectivity index (χ1v) is 17.0.